The highest BCUT2D eigenvalue weighted by Gasteiger charge is 2.18. The van der Waals surface area contributed by atoms with Crippen molar-refractivity contribution in [2.75, 3.05) is 24.5 Å². The molecular weight excluding hydrogens is 304 g/mol. The molecule has 5 heteroatoms. The SMILES string of the molecule is CCC(CC)[C@H](O)CNC(=O)c1ccc(N2CCC(O)CC2)cc1. The summed E-state index contributed by atoms with van der Waals surface area (Å²) in [6, 6.07) is 7.53. The minimum Gasteiger partial charge on any atom is -0.393 e. The molecule has 1 aromatic rings. The Morgan fingerprint density at radius 3 is 2.33 bits per heavy atom. The van der Waals surface area contributed by atoms with Crippen LogP contribution >= 0.6 is 0 Å². The Kier molecular flexibility index (Phi) is 7.06. The van der Waals surface area contributed by atoms with E-state index in [-0.39, 0.29) is 24.5 Å². The molecule has 1 heterocycles. The van der Waals surface area contributed by atoms with Gasteiger partial charge in [-0.15, -0.1) is 0 Å². The van der Waals surface area contributed by atoms with Crippen molar-refractivity contribution < 1.29 is 15.0 Å². The van der Waals surface area contributed by atoms with Gasteiger partial charge in [-0.25, -0.2) is 0 Å². The van der Waals surface area contributed by atoms with Crippen molar-refractivity contribution in [2.24, 2.45) is 5.92 Å². The quantitative estimate of drug-likeness (QED) is 0.714. The fourth-order valence-corrected chi connectivity index (χ4v) is 3.25. The van der Waals surface area contributed by atoms with Crippen LogP contribution in [0.5, 0.6) is 0 Å². The van der Waals surface area contributed by atoms with Crippen LogP contribution in [0.15, 0.2) is 24.3 Å². The van der Waals surface area contributed by atoms with Crippen LogP contribution in [0.1, 0.15) is 49.9 Å². The van der Waals surface area contributed by atoms with Crippen LogP contribution in [0.3, 0.4) is 0 Å². The number of benzene rings is 1. The molecule has 0 aromatic heterocycles. The maximum Gasteiger partial charge on any atom is 0.251 e. The lowest BCUT2D eigenvalue weighted by atomic mass is 9.96. The Bertz CT molecular complexity index is 506. The van der Waals surface area contributed by atoms with Crippen molar-refractivity contribution in [1.29, 1.82) is 0 Å². The third-order valence-electron chi connectivity index (χ3n) is 5.02. The Morgan fingerprint density at radius 2 is 1.79 bits per heavy atom. The van der Waals surface area contributed by atoms with Gasteiger partial charge in [0.2, 0.25) is 0 Å². The van der Waals surface area contributed by atoms with Crippen LogP contribution in [0, 0.1) is 5.92 Å². The van der Waals surface area contributed by atoms with Crippen LogP contribution < -0.4 is 10.2 Å². The molecule has 0 radical (unpaired) electrons. The van der Waals surface area contributed by atoms with Crippen molar-refractivity contribution >= 4 is 11.6 Å². The predicted molar refractivity (Wildman–Crippen MR) is 96.3 cm³/mol. The van der Waals surface area contributed by atoms with Gasteiger partial charge in [0.25, 0.3) is 5.91 Å². The van der Waals surface area contributed by atoms with Gasteiger partial charge in [0.05, 0.1) is 12.2 Å². The highest BCUT2D eigenvalue weighted by atomic mass is 16.3. The Hall–Kier alpha value is -1.59. The number of anilines is 1. The molecule has 3 N–H and O–H groups in total. The van der Waals surface area contributed by atoms with Crippen LogP contribution in [0.25, 0.3) is 0 Å². The number of hydrogen-bond donors (Lipinski definition) is 3. The fourth-order valence-electron chi connectivity index (χ4n) is 3.25. The number of rotatable bonds is 7. The van der Waals surface area contributed by atoms with E-state index in [4.69, 9.17) is 0 Å². The summed E-state index contributed by atoms with van der Waals surface area (Å²) in [6.07, 6.45) is 2.71. The number of hydrogen-bond acceptors (Lipinski definition) is 4. The minimum absolute atomic E-state index is 0.152. The molecule has 24 heavy (non-hydrogen) atoms. The molecule has 0 aliphatic carbocycles. The topological polar surface area (TPSA) is 72.8 Å². The largest absolute Gasteiger partial charge is 0.393 e. The molecule has 134 valence electrons. The molecule has 1 fully saturated rings. The number of nitrogens with one attached hydrogen (secondary N) is 1. The maximum atomic E-state index is 12.2. The summed E-state index contributed by atoms with van der Waals surface area (Å²) in [5.41, 5.74) is 1.68. The summed E-state index contributed by atoms with van der Waals surface area (Å²) in [5.74, 6) is 0.0720. The molecule has 1 aliphatic heterocycles. The molecule has 1 saturated heterocycles. The fraction of sp³-hybridized carbons (Fsp3) is 0.632. The zero-order valence-electron chi connectivity index (χ0n) is 14.7. The van der Waals surface area contributed by atoms with Crippen molar-refractivity contribution in [2.45, 2.75) is 51.7 Å². The van der Waals surface area contributed by atoms with Gasteiger partial charge in [-0.1, -0.05) is 26.7 Å². The van der Waals surface area contributed by atoms with Crippen molar-refractivity contribution in [3.05, 3.63) is 29.8 Å². The summed E-state index contributed by atoms with van der Waals surface area (Å²) >= 11 is 0. The number of amides is 1. The third kappa shape index (κ3) is 4.95. The Morgan fingerprint density at radius 1 is 1.21 bits per heavy atom. The number of aliphatic hydroxyl groups excluding tert-OH is 2. The third-order valence-corrected chi connectivity index (χ3v) is 5.02. The normalized spacial score (nSPS) is 17.1. The second kappa shape index (κ2) is 9.04. The van der Waals surface area contributed by atoms with Crippen LogP contribution in [0.4, 0.5) is 5.69 Å². The first-order chi connectivity index (χ1) is 11.5. The van der Waals surface area contributed by atoms with Gasteiger partial charge < -0.3 is 20.4 Å². The van der Waals surface area contributed by atoms with E-state index in [0.717, 1.165) is 44.5 Å². The zero-order valence-corrected chi connectivity index (χ0v) is 14.7. The van der Waals surface area contributed by atoms with Gasteiger partial charge in [0.15, 0.2) is 0 Å². The summed E-state index contributed by atoms with van der Waals surface area (Å²) in [4.78, 5) is 14.4. The Balaban J connectivity index is 1.87. The van der Waals surface area contributed by atoms with Gasteiger partial charge in [-0.05, 0) is 43.0 Å². The number of carbonyl (C=O) groups excluding carboxylic acids is 1. The average Bonchev–Trinajstić information content (AvgIpc) is 2.61. The van der Waals surface area contributed by atoms with E-state index < -0.39 is 6.10 Å². The zero-order chi connectivity index (χ0) is 17.5. The standard InChI is InChI=1S/C19H30N2O3/c1-3-14(4-2)18(23)13-20-19(24)15-5-7-16(8-6-15)21-11-9-17(22)10-12-21/h5-8,14,17-18,22-23H,3-4,9-13H2,1-2H3,(H,20,24)/t18-/m1/s1. The lowest BCUT2D eigenvalue weighted by molar-refractivity contribution is 0.0816. The molecular formula is C19H30N2O3. The van der Waals surface area contributed by atoms with E-state index in [0.29, 0.717) is 5.56 Å². The molecule has 0 saturated carbocycles. The summed E-state index contributed by atoms with van der Waals surface area (Å²) in [6.45, 7) is 6.08. The Labute approximate surface area is 144 Å². The summed E-state index contributed by atoms with van der Waals surface area (Å²) < 4.78 is 0. The van der Waals surface area contributed by atoms with E-state index >= 15 is 0 Å². The highest BCUT2D eigenvalue weighted by Crippen LogP contribution is 2.20. The van der Waals surface area contributed by atoms with Gasteiger partial charge in [-0.3, -0.25) is 4.79 Å². The second-order valence-electron chi connectivity index (χ2n) is 6.62. The first kappa shape index (κ1) is 18.7. The van der Waals surface area contributed by atoms with E-state index in [1.54, 1.807) is 0 Å². The van der Waals surface area contributed by atoms with Crippen molar-refractivity contribution in [1.82, 2.24) is 5.32 Å². The van der Waals surface area contributed by atoms with E-state index in [1.165, 1.54) is 0 Å². The van der Waals surface area contributed by atoms with Crippen molar-refractivity contribution in [3.63, 3.8) is 0 Å². The van der Waals surface area contributed by atoms with Gasteiger partial charge >= 0.3 is 0 Å². The lowest BCUT2D eigenvalue weighted by Gasteiger charge is -2.31. The number of carbonyl (C=O) groups is 1. The number of aliphatic hydroxyl groups is 2. The molecule has 0 spiro atoms. The molecule has 1 amide bonds. The molecule has 1 aliphatic rings. The molecule has 1 atom stereocenters. The molecule has 2 rings (SSSR count). The number of nitrogens with zero attached hydrogens (tertiary/aromatic N) is 1. The van der Waals surface area contributed by atoms with Gasteiger partial charge in [-0.2, -0.15) is 0 Å². The first-order valence-corrected chi connectivity index (χ1v) is 9.04. The second-order valence-corrected chi connectivity index (χ2v) is 6.62. The molecule has 1 aromatic carbocycles. The minimum atomic E-state index is -0.497. The maximum absolute atomic E-state index is 12.2. The molecule has 0 unspecified atom stereocenters. The van der Waals surface area contributed by atoms with E-state index in [9.17, 15) is 15.0 Å². The molecule has 0 bridgehead atoms. The van der Waals surface area contributed by atoms with Crippen LogP contribution in [-0.4, -0.2) is 48.0 Å². The van der Waals surface area contributed by atoms with E-state index in [2.05, 4.69) is 24.1 Å². The van der Waals surface area contributed by atoms with Crippen LogP contribution in [0.2, 0.25) is 0 Å². The smallest absolute Gasteiger partial charge is 0.251 e. The molecule has 5 nitrogen and oxygen atoms in total. The number of piperidine rings is 1. The van der Waals surface area contributed by atoms with Crippen LogP contribution in [-0.2, 0) is 0 Å². The summed E-state index contributed by atoms with van der Waals surface area (Å²) in [5, 5.41) is 22.5. The highest BCUT2D eigenvalue weighted by molar-refractivity contribution is 5.94. The van der Waals surface area contributed by atoms with E-state index in [1.807, 2.05) is 24.3 Å². The average molecular weight is 334 g/mol. The summed E-state index contributed by atoms with van der Waals surface area (Å²) in [7, 11) is 0. The lowest BCUT2D eigenvalue weighted by Crippen LogP contribution is -2.36. The van der Waals surface area contributed by atoms with Gasteiger partial charge in [0.1, 0.15) is 0 Å². The monoisotopic (exact) mass is 334 g/mol. The predicted octanol–water partition coefficient (Wildman–Crippen LogP) is 2.17. The van der Waals surface area contributed by atoms with Gasteiger partial charge in [0, 0.05) is 30.9 Å². The first-order valence-electron chi connectivity index (χ1n) is 9.04. The van der Waals surface area contributed by atoms with Crippen molar-refractivity contribution in [3.8, 4) is 0 Å².